The van der Waals surface area contributed by atoms with Crippen LogP contribution in [0.3, 0.4) is 0 Å². The average molecular weight is 409 g/mol. The molecular weight excluding hydrogens is 385 g/mol. The normalized spacial score (nSPS) is 10.5. The maximum atomic E-state index is 13.9. The van der Waals surface area contributed by atoms with Crippen molar-refractivity contribution in [2.75, 3.05) is 11.9 Å². The van der Waals surface area contributed by atoms with E-state index in [-0.39, 0.29) is 24.2 Å². The second-order valence-electron chi connectivity index (χ2n) is 6.71. The zero-order chi connectivity index (χ0) is 21.3. The van der Waals surface area contributed by atoms with Gasteiger partial charge in [0.2, 0.25) is 0 Å². The van der Waals surface area contributed by atoms with E-state index in [0.717, 1.165) is 11.3 Å². The first-order valence-electron chi connectivity index (χ1n) is 9.72. The van der Waals surface area contributed by atoms with Crippen molar-refractivity contribution >= 4 is 17.7 Å². The van der Waals surface area contributed by atoms with Crippen LogP contribution in [0.1, 0.15) is 23.7 Å². The van der Waals surface area contributed by atoms with E-state index in [9.17, 15) is 14.0 Å². The first-order chi connectivity index (χ1) is 14.5. The number of benzene rings is 2. The molecule has 0 bridgehead atoms. The summed E-state index contributed by atoms with van der Waals surface area (Å²) in [4.78, 5) is 23.7. The lowest BCUT2D eigenvalue weighted by Crippen LogP contribution is -2.29. The summed E-state index contributed by atoms with van der Waals surface area (Å²) in [7, 11) is 0. The number of nitrogens with zero attached hydrogens (tertiary/aromatic N) is 1. The minimum absolute atomic E-state index is 0.194. The number of esters is 1. The summed E-state index contributed by atoms with van der Waals surface area (Å²) in [5, 5.41) is 5.55. The van der Waals surface area contributed by atoms with Gasteiger partial charge in [-0.25, -0.2) is 9.18 Å². The van der Waals surface area contributed by atoms with Gasteiger partial charge in [0.15, 0.2) is 0 Å². The predicted molar refractivity (Wildman–Crippen MR) is 113 cm³/mol. The SMILES string of the molecule is CCOC(=O)Cc1ccc(NC(=O)NCc2cccn2Cc2ccccc2F)cc1. The molecule has 2 aromatic carbocycles. The molecule has 0 radical (unpaired) electrons. The maximum absolute atomic E-state index is 13.9. The van der Waals surface area contributed by atoms with Gasteiger partial charge in [-0.2, -0.15) is 0 Å². The molecule has 2 N–H and O–H groups in total. The summed E-state index contributed by atoms with van der Waals surface area (Å²) in [6, 6.07) is 17.0. The largest absolute Gasteiger partial charge is 0.466 e. The number of urea groups is 1. The van der Waals surface area contributed by atoms with Crippen molar-refractivity contribution in [1.29, 1.82) is 0 Å². The first kappa shape index (κ1) is 21.1. The van der Waals surface area contributed by atoms with E-state index in [1.807, 2.05) is 22.9 Å². The van der Waals surface area contributed by atoms with Crippen molar-refractivity contribution in [3.05, 3.63) is 89.5 Å². The van der Waals surface area contributed by atoms with Crippen LogP contribution in [-0.2, 0) is 29.0 Å². The molecule has 0 aliphatic heterocycles. The lowest BCUT2D eigenvalue weighted by molar-refractivity contribution is -0.142. The highest BCUT2D eigenvalue weighted by Gasteiger charge is 2.08. The number of anilines is 1. The van der Waals surface area contributed by atoms with Gasteiger partial charge in [0.05, 0.1) is 26.1 Å². The summed E-state index contributed by atoms with van der Waals surface area (Å²) in [5.41, 5.74) is 2.87. The summed E-state index contributed by atoms with van der Waals surface area (Å²) in [6.07, 6.45) is 2.04. The Balaban J connectivity index is 1.51. The number of aromatic nitrogens is 1. The second-order valence-corrected chi connectivity index (χ2v) is 6.71. The molecule has 6 nitrogen and oxygen atoms in total. The van der Waals surface area contributed by atoms with Crippen molar-refractivity contribution in [2.24, 2.45) is 0 Å². The van der Waals surface area contributed by atoms with E-state index in [1.54, 1.807) is 49.4 Å². The number of amides is 2. The Morgan fingerprint density at radius 2 is 1.80 bits per heavy atom. The average Bonchev–Trinajstić information content (AvgIpc) is 3.17. The number of ether oxygens (including phenoxy) is 1. The molecule has 0 saturated carbocycles. The maximum Gasteiger partial charge on any atom is 0.319 e. The third-order valence-corrected chi connectivity index (χ3v) is 4.52. The monoisotopic (exact) mass is 409 g/mol. The van der Waals surface area contributed by atoms with Crippen LogP contribution in [0.2, 0.25) is 0 Å². The van der Waals surface area contributed by atoms with Gasteiger partial charge in [0.25, 0.3) is 0 Å². The Labute approximate surface area is 174 Å². The Bertz CT molecular complexity index is 999. The zero-order valence-corrected chi connectivity index (χ0v) is 16.7. The molecule has 0 aliphatic carbocycles. The smallest absolute Gasteiger partial charge is 0.319 e. The van der Waals surface area contributed by atoms with Crippen molar-refractivity contribution < 1.29 is 18.7 Å². The molecule has 1 aromatic heterocycles. The lowest BCUT2D eigenvalue weighted by atomic mass is 10.1. The van der Waals surface area contributed by atoms with Crippen LogP contribution >= 0.6 is 0 Å². The Morgan fingerprint density at radius 3 is 2.53 bits per heavy atom. The highest BCUT2D eigenvalue weighted by molar-refractivity contribution is 5.89. The van der Waals surface area contributed by atoms with E-state index >= 15 is 0 Å². The molecule has 2 amide bonds. The van der Waals surface area contributed by atoms with Crippen LogP contribution in [0.25, 0.3) is 0 Å². The molecule has 0 spiro atoms. The molecule has 0 atom stereocenters. The molecular formula is C23H24FN3O3. The van der Waals surface area contributed by atoms with Crippen LogP contribution in [0.15, 0.2) is 66.9 Å². The van der Waals surface area contributed by atoms with Gasteiger partial charge in [0.1, 0.15) is 5.82 Å². The fourth-order valence-corrected chi connectivity index (χ4v) is 3.01. The Kier molecular flexibility index (Phi) is 7.21. The molecule has 0 aliphatic rings. The first-order valence-corrected chi connectivity index (χ1v) is 9.72. The Morgan fingerprint density at radius 1 is 1.03 bits per heavy atom. The molecule has 3 aromatic rings. The van der Waals surface area contributed by atoms with Gasteiger partial charge in [-0.15, -0.1) is 0 Å². The fourth-order valence-electron chi connectivity index (χ4n) is 3.01. The molecule has 0 saturated heterocycles. The van der Waals surface area contributed by atoms with E-state index in [1.165, 1.54) is 6.07 Å². The molecule has 0 unspecified atom stereocenters. The molecule has 7 heteroatoms. The van der Waals surface area contributed by atoms with Gasteiger partial charge in [-0.05, 0) is 42.8 Å². The quantitative estimate of drug-likeness (QED) is 0.550. The number of rotatable bonds is 8. The van der Waals surface area contributed by atoms with Crippen LogP contribution < -0.4 is 10.6 Å². The number of nitrogens with one attached hydrogen (secondary N) is 2. The molecule has 0 fully saturated rings. The van der Waals surface area contributed by atoms with E-state index in [2.05, 4.69) is 10.6 Å². The standard InChI is InChI=1S/C23H24FN3O3/c1-2-30-22(28)14-17-9-11-19(12-10-17)26-23(29)25-15-20-7-5-13-27(20)16-18-6-3-4-8-21(18)24/h3-13H,2,14-16H2,1H3,(H2,25,26,29). The summed E-state index contributed by atoms with van der Waals surface area (Å²) in [6.45, 7) is 2.80. The van der Waals surface area contributed by atoms with Crippen molar-refractivity contribution in [3.63, 3.8) is 0 Å². The van der Waals surface area contributed by atoms with E-state index in [0.29, 0.717) is 30.9 Å². The number of carbonyl (C=O) groups excluding carboxylic acids is 2. The minimum atomic E-state index is -0.355. The van der Waals surface area contributed by atoms with Gasteiger partial charge in [0, 0.05) is 23.1 Å². The zero-order valence-electron chi connectivity index (χ0n) is 16.7. The topological polar surface area (TPSA) is 72.4 Å². The van der Waals surface area contributed by atoms with Crippen molar-refractivity contribution in [1.82, 2.24) is 9.88 Å². The third kappa shape index (κ3) is 5.94. The van der Waals surface area contributed by atoms with E-state index < -0.39 is 0 Å². The second kappa shape index (κ2) is 10.2. The minimum Gasteiger partial charge on any atom is -0.466 e. The van der Waals surface area contributed by atoms with Crippen LogP contribution in [0, 0.1) is 5.82 Å². The van der Waals surface area contributed by atoms with Gasteiger partial charge >= 0.3 is 12.0 Å². The van der Waals surface area contributed by atoms with Crippen LogP contribution in [0.5, 0.6) is 0 Å². The molecule has 156 valence electrons. The van der Waals surface area contributed by atoms with Crippen LogP contribution in [0.4, 0.5) is 14.9 Å². The highest BCUT2D eigenvalue weighted by atomic mass is 19.1. The summed E-state index contributed by atoms with van der Waals surface area (Å²) >= 11 is 0. The number of carbonyl (C=O) groups is 2. The van der Waals surface area contributed by atoms with Crippen LogP contribution in [-0.4, -0.2) is 23.2 Å². The van der Waals surface area contributed by atoms with Crippen molar-refractivity contribution in [2.45, 2.75) is 26.4 Å². The van der Waals surface area contributed by atoms with Gasteiger partial charge in [-0.1, -0.05) is 30.3 Å². The number of halogens is 1. The summed E-state index contributed by atoms with van der Waals surface area (Å²) in [5.74, 6) is -0.538. The summed E-state index contributed by atoms with van der Waals surface area (Å²) < 4.78 is 20.7. The molecule has 3 rings (SSSR count). The highest BCUT2D eigenvalue weighted by Crippen LogP contribution is 2.13. The fraction of sp³-hybridized carbons (Fsp3) is 0.217. The lowest BCUT2D eigenvalue weighted by Gasteiger charge is -2.12. The van der Waals surface area contributed by atoms with Gasteiger partial charge in [-0.3, -0.25) is 4.79 Å². The predicted octanol–water partition coefficient (Wildman–Crippen LogP) is 4.10. The molecule has 1 heterocycles. The van der Waals surface area contributed by atoms with E-state index in [4.69, 9.17) is 4.74 Å². The number of hydrogen-bond acceptors (Lipinski definition) is 3. The third-order valence-electron chi connectivity index (χ3n) is 4.52. The number of hydrogen-bond donors (Lipinski definition) is 2. The van der Waals surface area contributed by atoms with Gasteiger partial charge < -0.3 is 19.9 Å². The Hall–Kier alpha value is -3.61. The van der Waals surface area contributed by atoms with Crippen molar-refractivity contribution in [3.8, 4) is 0 Å². The molecule has 30 heavy (non-hydrogen) atoms.